The molecule has 2 aromatic rings. The normalized spacial score (nSPS) is 11.3. The standard InChI is InChI=1S/C19H23N3O2S/c1-6-12-21-16(23)20-17(25-7-2)22(18(21)24)13-14-8-10-15(11-9-14)19(3,4)5/h1,8-11H,7,12-13H2,2-5H3. The average Bonchev–Trinajstić information content (AvgIpc) is 2.55. The minimum absolute atomic E-state index is 0.0696. The number of terminal acetylenes is 1. The van der Waals surface area contributed by atoms with Crippen LogP contribution in [-0.4, -0.2) is 19.9 Å². The molecule has 132 valence electrons. The van der Waals surface area contributed by atoms with Crippen molar-refractivity contribution >= 4 is 11.8 Å². The summed E-state index contributed by atoms with van der Waals surface area (Å²) in [6.45, 7) is 8.69. The first kappa shape index (κ1) is 19.1. The summed E-state index contributed by atoms with van der Waals surface area (Å²) in [4.78, 5) is 28.7. The van der Waals surface area contributed by atoms with E-state index in [1.165, 1.54) is 21.9 Å². The van der Waals surface area contributed by atoms with Gasteiger partial charge >= 0.3 is 11.4 Å². The number of benzene rings is 1. The Kier molecular flexibility index (Phi) is 5.91. The van der Waals surface area contributed by atoms with E-state index >= 15 is 0 Å². The summed E-state index contributed by atoms with van der Waals surface area (Å²) >= 11 is 1.37. The van der Waals surface area contributed by atoms with Crippen molar-refractivity contribution < 1.29 is 0 Å². The van der Waals surface area contributed by atoms with Crippen molar-refractivity contribution in [2.75, 3.05) is 5.75 Å². The molecule has 5 nitrogen and oxygen atoms in total. The fourth-order valence-electron chi connectivity index (χ4n) is 2.41. The third kappa shape index (κ3) is 4.43. The van der Waals surface area contributed by atoms with Crippen LogP contribution >= 0.6 is 11.8 Å². The predicted molar refractivity (Wildman–Crippen MR) is 102 cm³/mol. The fraction of sp³-hybridized carbons (Fsp3) is 0.421. The van der Waals surface area contributed by atoms with Gasteiger partial charge in [-0.15, -0.1) is 6.42 Å². The van der Waals surface area contributed by atoms with E-state index in [2.05, 4.69) is 43.8 Å². The van der Waals surface area contributed by atoms with Crippen LogP contribution in [-0.2, 0) is 18.5 Å². The first-order chi connectivity index (χ1) is 11.8. The summed E-state index contributed by atoms with van der Waals surface area (Å²) < 4.78 is 2.50. The van der Waals surface area contributed by atoms with Crippen LogP contribution in [0.5, 0.6) is 0 Å². The predicted octanol–water partition coefficient (Wildman–Crippen LogP) is 2.50. The first-order valence-corrected chi connectivity index (χ1v) is 9.13. The van der Waals surface area contributed by atoms with Crippen molar-refractivity contribution in [1.29, 1.82) is 0 Å². The highest BCUT2D eigenvalue weighted by atomic mass is 32.2. The van der Waals surface area contributed by atoms with E-state index in [0.717, 1.165) is 10.1 Å². The second kappa shape index (κ2) is 7.75. The van der Waals surface area contributed by atoms with Crippen LogP contribution in [0.15, 0.2) is 39.0 Å². The molecule has 0 amide bonds. The molecule has 1 heterocycles. The number of thioether (sulfide) groups is 1. The van der Waals surface area contributed by atoms with Gasteiger partial charge in [0.2, 0.25) is 0 Å². The summed E-state index contributed by atoms with van der Waals surface area (Å²) in [5, 5.41) is 0.422. The molecule has 0 spiro atoms. The molecule has 1 aromatic carbocycles. The van der Waals surface area contributed by atoms with E-state index in [9.17, 15) is 9.59 Å². The Hall–Kier alpha value is -2.26. The van der Waals surface area contributed by atoms with Crippen LogP contribution < -0.4 is 11.4 Å². The second-order valence-corrected chi connectivity index (χ2v) is 7.95. The van der Waals surface area contributed by atoms with Crippen molar-refractivity contribution in [1.82, 2.24) is 14.1 Å². The molecule has 0 bridgehead atoms. The molecule has 0 saturated heterocycles. The van der Waals surface area contributed by atoms with Crippen molar-refractivity contribution in [3.05, 3.63) is 56.4 Å². The highest BCUT2D eigenvalue weighted by Crippen LogP contribution is 2.22. The Balaban J connectivity index is 2.47. The Morgan fingerprint density at radius 1 is 1.16 bits per heavy atom. The van der Waals surface area contributed by atoms with Gasteiger partial charge in [0.1, 0.15) is 0 Å². The van der Waals surface area contributed by atoms with Crippen molar-refractivity contribution in [3.63, 3.8) is 0 Å². The summed E-state index contributed by atoms with van der Waals surface area (Å²) in [5.74, 6) is 3.05. The van der Waals surface area contributed by atoms with Crippen molar-refractivity contribution in [2.24, 2.45) is 0 Å². The van der Waals surface area contributed by atoms with Gasteiger partial charge in [0, 0.05) is 0 Å². The van der Waals surface area contributed by atoms with Crippen molar-refractivity contribution in [2.45, 2.75) is 51.4 Å². The molecule has 0 aliphatic carbocycles. The van der Waals surface area contributed by atoms with Gasteiger partial charge in [-0.05, 0) is 22.3 Å². The van der Waals surface area contributed by atoms with Crippen molar-refractivity contribution in [3.8, 4) is 12.3 Å². The number of hydrogen-bond donors (Lipinski definition) is 0. The highest BCUT2D eigenvalue weighted by molar-refractivity contribution is 7.99. The van der Waals surface area contributed by atoms with E-state index in [-0.39, 0.29) is 12.0 Å². The zero-order valence-corrected chi connectivity index (χ0v) is 15.9. The smallest absolute Gasteiger partial charge is 0.268 e. The third-order valence-electron chi connectivity index (χ3n) is 3.80. The molecule has 0 aliphatic rings. The molecular weight excluding hydrogens is 334 g/mol. The third-order valence-corrected chi connectivity index (χ3v) is 4.66. The van der Waals surface area contributed by atoms with Gasteiger partial charge in [-0.25, -0.2) is 14.2 Å². The molecule has 1 aromatic heterocycles. The lowest BCUT2D eigenvalue weighted by atomic mass is 9.87. The molecule has 0 fully saturated rings. The molecule has 0 unspecified atom stereocenters. The summed E-state index contributed by atoms with van der Waals surface area (Å²) in [7, 11) is 0. The maximum atomic E-state index is 12.7. The highest BCUT2D eigenvalue weighted by Gasteiger charge is 2.15. The number of rotatable bonds is 5. The molecule has 6 heteroatoms. The lowest BCUT2D eigenvalue weighted by molar-refractivity contribution is 0.533. The van der Waals surface area contributed by atoms with Crippen LogP contribution in [0.2, 0.25) is 0 Å². The monoisotopic (exact) mass is 357 g/mol. The molecular formula is C19H23N3O2S. The summed E-state index contributed by atoms with van der Waals surface area (Å²) in [6, 6.07) is 8.14. The van der Waals surface area contributed by atoms with Gasteiger partial charge in [-0.3, -0.25) is 4.57 Å². The molecule has 0 saturated carbocycles. The quantitative estimate of drug-likeness (QED) is 0.609. The molecule has 0 radical (unpaired) electrons. The Morgan fingerprint density at radius 3 is 2.32 bits per heavy atom. The summed E-state index contributed by atoms with van der Waals surface area (Å²) in [5.41, 5.74) is 1.25. The van der Waals surface area contributed by atoms with Crippen LogP contribution in [0, 0.1) is 12.3 Å². The lowest BCUT2D eigenvalue weighted by Gasteiger charge is -2.19. The van der Waals surface area contributed by atoms with Gasteiger partial charge < -0.3 is 0 Å². The number of hydrogen-bond acceptors (Lipinski definition) is 4. The molecule has 0 aliphatic heterocycles. The van der Waals surface area contributed by atoms with Gasteiger partial charge in [0.05, 0.1) is 13.1 Å². The number of nitrogens with zero attached hydrogens (tertiary/aromatic N) is 3. The Bertz CT molecular complexity index is 897. The topological polar surface area (TPSA) is 56.9 Å². The van der Waals surface area contributed by atoms with E-state index < -0.39 is 11.4 Å². The summed E-state index contributed by atoms with van der Waals surface area (Å²) in [6.07, 6.45) is 5.26. The zero-order chi connectivity index (χ0) is 18.6. The lowest BCUT2D eigenvalue weighted by Crippen LogP contribution is -2.42. The zero-order valence-electron chi connectivity index (χ0n) is 15.1. The van der Waals surface area contributed by atoms with E-state index in [1.54, 1.807) is 0 Å². The number of aromatic nitrogens is 3. The van der Waals surface area contributed by atoms with Crippen LogP contribution in [0.25, 0.3) is 0 Å². The van der Waals surface area contributed by atoms with Gasteiger partial charge in [-0.2, -0.15) is 4.98 Å². The van der Waals surface area contributed by atoms with Crippen LogP contribution in [0.4, 0.5) is 0 Å². The van der Waals surface area contributed by atoms with Crippen LogP contribution in [0.3, 0.4) is 0 Å². The maximum Gasteiger partial charge on any atom is 0.354 e. The molecule has 0 N–H and O–H groups in total. The Morgan fingerprint density at radius 2 is 1.80 bits per heavy atom. The molecule has 25 heavy (non-hydrogen) atoms. The minimum atomic E-state index is -0.599. The van der Waals surface area contributed by atoms with Gasteiger partial charge in [0.25, 0.3) is 0 Å². The molecule has 0 atom stereocenters. The van der Waals surface area contributed by atoms with E-state index in [0.29, 0.717) is 17.5 Å². The largest absolute Gasteiger partial charge is 0.354 e. The van der Waals surface area contributed by atoms with Crippen LogP contribution in [0.1, 0.15) is 38.8 Å². The minimum Gasteiger partial charge on any atom is -0.268 e. The van der Waals surface area contributed by atoms with E-state index in [4.69, 9.17) is 6.42 Å². The Labute approximate surface area is 152 Å². The second-order valence-electron chi connectivity index (χ2n) is 6.72. The molecule has 2 rings (SSSR count). The fourth-order valence-corrected chi connectivity index (χ4v) is 3.11. The first-order valence-electron chi connectivity index (χ1n) is 8.15. The van der Waals surface area contributed by atoms with Gasteiger partial charge in [0.15, 0.2) is 5.16 Å². The SMILES string of the molecule is C#CCn1c(=O)nc(SCC)n(Cc2ccc(C(C)(C)C)cc2)c1=O. The average molecular weight is 357 g/mol. The van der Waals surface area contributed by atoms with Gasteiger partial charge in [-0.1, -0.05) is 69.6 Å². The van der Waals surface area contributed by atoms with E-state index in [1.807, 2.05) is 19.1 Å². The maximum absolute atomic E-state index is 12.7.